The molecule has 0 amide bonds. The van der Waals surface area contributed by atoms with Gasteiger partial charge in [-0.25, -0.2) is 9.07 Å². The summed E-state index contributed by atoms with van der Waals surface area (Å²) in [5, 5.41) is 15.1. The van der Waals surface area contributed by atoms with Gasteiger partial charge >= 0.3 is 0 Å². The molecule has 8 heteroatoms. The zero-order valence-electron chi connectivity index (χ0n) is 12.3. The highest BCUT2D eigenvalue weighted by molar-refractivity contribution is 6.30. The predicted molar refractivity (Wildman–Crippen MR) is 78.9 cm³/mol. The van der Waals surface area contributed by atoms with E-state index in [1.807, 2.05) is 6.92 Å². The third kappa shape index (κ3) is 2.97. The van der Waals surface area contributed by atoms with Crippen molar-refractivity contribution in [3.05, 3.63) is 40.4 Å². The van der Waals surface area contributed by atoms with E-state index in [2.05, 4.69) is 20.8 Å². The van der Waals surface area contributed by atoms with E-state index in [0.29, 0.717) is 6.61 Å². The lowest BCUT2D eigenvalue weighted by atomic mass is 10.0. The zero-order valence-corrected chi connectivity index (χ0v) is 13.1. The van der Waals surface area contributed by atoms with Gasteiger partial charge in [0.1, 0.15) is 5.82 Å². The number of nitrogens with one attached hydrogen (secondary N) is 1. The Hall–Kier alpha value is -1.57. The van der Waals surface area contributed by atoms with Crippen LogP contribution in [0.3, 0.4) is 0 Å². The molecule has 118 valence electrons. The topological polar surface area (TPSA) is 64.9 Å². The van der Waals surface area contributed by atoms with Crippen molar-refractivity contribution in [2.24, 2.45) is 7.05 Å². The lowest BCUT2D eigenvalue weighted by molar-refractivity contribution is 0.0962. The van der Waals surface area contributed by atoms with Crippen molar-refractivity contribution in [3.8, 4) is 0 Å². The fraction of sp³-hybridized carbons (Fsp3) is 0.500. The van der Waals surface area contributed by atoms with Crippen LogP contribution in [0.15, 0.2) is 18.2 Å². The molecule has 0 radical (unpaired) electrons. The van der Waals surface area contributed by atoms with Crippen LogP contribution in [0.2, 0.25) is 5.02 Å². The van der Waals surface area contributed by atoms with Crippen molar-refractivity contribution >= 4 is 11.6 Å². The number of ether oxygens (including phenoxy) is 1. The van der Waals surface area contributed by atoms with Gasteiger partial charge in [-0.15, -0.1) is 5.10 Å². The second-order valence-corrected chi connectivity index (χ2v) is 5.82. The van der Waals surface area contributed by atoms with E-state index in [1.54, 1.807) is 23.9 Å². The lowest BCUT2D eigenvalue weighted by Gasteiger charge is -2.23. The molecule has 22 heavy (non-hydrogen) atoms. The van der Waals surface area contributed by atoms with E-state index in [9.17, 15) is 4.39 Å². The summed E-state index contributed by atoms with van der Waals surface area (Å²) < 4.78 is 21.1. The number of benzene rings is 1. The number of hydrogen-bond donors (Lipinski definition) is 1. The van der Waals surface area contributed by atoms with Gasteiger partial charge in [-0.2, -0.15) is 0 Å². The standard InChI is InChI=1S/C14H17ClFN5O/c1-8(14-18-19-20-21(14)2)17-12-5-6-22-13(12)9-3-4-10(15)11(16)7-9/h3-4,7-8,12-13,17H,5-6H2,1-2H3. The molecular weight excluding hydrogens is 309 g/mol. The Morgan fingerprint density at radius 3 is 3.00 bits per heavy atom. The number of hydrogen-bond acceptors (Lipinski definition) is 5. The second-order valence-electron chi connectivity index (χ2n) is 5.41. The molecular formula is C14H17ClFN5O. The molecule has 2 heterocycles. The Bertz CT molecular complexity index is 664. The van der Waals surface area contributed by atoms with Crippen LogP contribution in [-0.2, 0) is 11.8 Å². The van der Waals surface area contributed by atoms with Crippen LogP contribution in [-0.4, -0.2) is 32.9 Å². The summed E-state index contributed by atoms with van der Waals surface area (Å²) in [6, 6.07) is 4.81. The van der Waals surface area contributed by atoms with E-state index in [1.165, 1.54) is 6.07 Å². The summed E-state index contributed by atoms with van der Waals surface area (Å²) in [5.41, 5.74) is 0.778. The number of nitrogens with zero attached hydrogens (tertiary/aromatic N) is 4. The molecule has 3 atom stereocenters. The first-order valence-corrected chi connectivity index (χ1v) is 7.49. The summed E-state index contributed by atoms with van der Waals surface area (Å²) >= 11 is 5.74. The molecule has 0 aliphatic carbocycles. The Morgan fingerprint density at radius 2 is 2.32 bits per heavy atom. The first kappa shape index (κ1) is 15.3. The van der Waals surface area contributed by atoms with Crippen molar-refractivity contribution in [1.82, 2.24) is 25.5 Å². The molecule has 1 aliphatic rings. The van der Waals surface area contributed by atoms with Crippen LogP contribution < -0.4 is 5.32 Å². The second kappa shape index (κ2) is 6.28. The highest BCUT2D eigenvalue weighted by Crippen LogP contribution is 2.32. The van der Waals surface area contributed by atoms with E-state index < -0.39 is 5.82 Å². The number of aromatic nitrogens is 4. The van der Waals surface area contributed by atoms with Crippen LogP contribution in [0.5, 0.6) is 0 Å². The summed E-state index contributed by atoms with van der Waals surface area (Å²) in [6.45, 7) is 2.61. The van der Waals surface area contributed by atoms with Crippen molar-refractivity contribution in [2.75, 3.05) is 6.61 Å². The highest BCUT2D eigenvalue weighted by Gasteiger charge is 2.32. The maximum Gasteiger partial charge on any atom is 0.167 e. The number of tetrazole rings is 1. The normalized spacial score (nSPS) is 22.9. The minimum atomic E-state index is -0.432. The third-order valence-corrected chi connectivity index (χ3v) is 4.17. The van der Waals surface area contributed by atoms with Crippen LogP contribution in [0.4, 0.5) is 4.39 Å². The predicted octanol–water partition coefficient (Wildman–Crippen LogP) is 2.18. The summed E-state index contributed by atoms with van der Waals surface area (Å²) in [7, 11) is 1.80. The lowest BCUT2D eigenvalue weighted by Crippen LogP contribution is -2.35. The molecule has 0 saturated carbocycles. The van der Waals surface area contributed by atoms with Crippen LogP contribution in [0, 0.1) is 5.82 Å². The van der Waals surface area contributed by atoms with Crippen LogP contribution >= 0.6 is 11.6 Å². The van der Waals surface area contributed by atoms with Gasteiger partial charge in [0, 0.05) is 19.7 Å². The molecule has 6 nitrogen and oxygen atoms in total. The van der Waals surface area contributed by atoms with Gasteiger partial charge in [0.15, 0.2) is 5.82 Å². The monoisotopic (exact) mass is 325 g/mol. The molecule has 1 aliphatic heterocycles. The van der Waals surface area contributed by atoms with Crippen LogP contribution in [0.25, 0.3) is 0 Å². The highest BCUT2D eigenvalue weighted by atomic mass is 35.5. The first-order chi connectivity index (χ1) is 10.6. The number of aryl methyl sites for hydroxylation is 1. The number of rotatable bonds is 4. The molecule has 3 rings (SSSR count). The quantitative estimate of drug-likeness (QED) is 0.933. The van der Waals surface area contributed by atoms with Gasteiger partial charge in [-0.05, 0) is 41.5 Å². The fourth-order valence-corrected chi connectivity index (χ4v) is 2.89. The average molecular weight is 326 g/mol. The van der Waals surface area contributed by atoms with Gasteiger partial charge in [0.25, 0.3) is 0 Å². The van der Waals surface area contributed by atoms with Gasteiger partial charge in [0.05, 0.1) is 17.2 Å². The van der Waals surface area contributed by atoms with Crippen molar-refractivity contribution < 1.29 is 9.13 Å². The van der Waals surface area contributed by atoms with Crippen molar-refractivity contribution in [3.63, 3.8) is 0 Å². The van der Waals surface area contributed by atoms with E-state index in [-0.39, 0.29) is 23.2 Å². The van der Waals surface area contributed by atoms with Gasteiger partial charge in [0.2, 0.25) is 0 Å². The third-order valence-electron chi connectivity index (χ3n) is 3.87. The zero-order chi connectivity index (χ0) is 15.7. The molecule has 1 fully saturated rings. The Labute approximate surface area is 132 Å². The first-order valence-electron chi connectivity index (χ1n) is 7.11. The molecule has 0 spiro atoms. The van der Waals surface area contributed by atoms with E-state index in [0.717, 1.165) is 17.8 Å². The van der Waals surface area contributed by atoms with E-state index >= 15 is 0 Å². The summed E-state index contributed by atoms with van der Waals surface area (Å²) in [6.07, 6.45) is 0.625. The molecule has 2 aromatic rings. The smallest absolute Gasteiger partial charge is 0.167 e. The molecule has 1 aromatic carbocycles. The Balaban J connectivity index is 1.75. The van der Waals surface area contributed by atoms with Crippen molar-refractivity contribution in [1.29, 1.82) is 0 Å². The minimum Gasteiger partial charge on any atom is -0.372 e. The maximum absolute atomic E-state index is 13.7. The fourth-order valence-electron chi connectivity index (χ4n) is 2.78. The van der Waals surface area contributed by atoms with Gasteiger partial charge < -0.3 is 10.1 Å². The molecule has 1 aromatic heterocycles. The van der Waals surface area contributed by atoms with Crippen molar-refractivity contribution in [2.45, 2.75) is 31.5 Å². The number of halogens is 2. The maximum atomic E-state index is 13.7. The SMILES string of the molecule is CC(NC1CCOC1c1ccc(Cl)c(F)c1)c1nnnn1C. The molecule has 1 N–H and O–H groups in total. The summed E-state index contributed by atoms with van der Waals surface area (Å²) in [5.74, 6) is 0.312. The molecule has 1 saturated heterocycles. The minimum absolute atomic E-state index is 0.0358. The van der Waals surface area contributed by atoms with Crippen LogP contribution in [0.1, 0.15) is 36.9 Å². The molecule has 0 bridgehead atoms. The Kier molecular flexibility index (Phi) is 4.37. The molecule has 3 unspecified atom stereocenters. The van der Waals surface area contributed by atoms with Gasteiger partial charge in [-0.3, -0.25) is 0 Å². The van der Waals surface area contributed by atoms with Gasteiger partial charge in [-0.1, -0.05) is 17.7 Å². The Morgan fingerprint density at radius 1 is 1.50 bits per heavy atom. The van der Waals surface area contributed by atoms with E-state index in [4.69, 9.17) is 16.3 Å². The largest absolute Gasteiger partial charge is 0.372 e. The summed E-state index contributed by atoms with van der Waals surface area (Å²) in [4.78, 5) is 0. The average Bonchev–Trinajstić information content (AvgIpc) is 3.11.